The van der Waals surface area contributed by atoms with Crippen molar-refractivity contribution in [3.05, 3.63) is 51.0 Å². The first kappa shape index (κ1) is 16.9. The Balaban J connectivity index is 1.51. The Labute approximate surface area is 154 Å². The zero-order chi connectivity index (χ0) is 18.1. The molecule has 1 amide bonds. The standard InChI is InChI=1S/C19H20N4O2S/c1-12-6-8-20-15(10-12)22-16(24)7-9-23-11-21-18-17(19(23)25)13-4-2-3-5-14(13)26-18/h6,8,10-11H,2-5,7,9H2,1H3,(H,20,22,24). The number of hydrogen-bond donors (Lipinski definition) is 1. The van der Waals surface area contributed by atoms with Crippen molar-refractivity contribution >= 4 is 33.3 Å². The van der Waals surface area contributed by atoms with Gasteiger partial charge in [0.15, 0.2) is 0 Å². The summed E-state index contributed by atoms with van der Waals surface area (Å²) in [4.78, 5) is 35.7. The highest BCUT2D eigenvalue weighted by atomic mass is 32.1. The molecule has 3 aromatic heterocycles. The van der Waals surface area contributed by atoms with Crippen molar-refractivity contribution < 1.29 is 4.79 Å². The molecular weight excluding hydrogens is 348 g/mol. The van der Waals surface area contributed by atoms with Crippen molar-refractivity contribution in [1.82, 2.24) is 14.5 Å². The molecule has 0 saturated carbocycles. The number of amides is 1. The summed E-state index contributed by atoms with van der Waals surface area (Å²) in [6, 6.07) is 3.69. The molecule has 1 aliphatic carbocycles. The normalized spacial score (nSPS) is 13.6. The van der Waals surface area contributed by atoms with E-state index in [4.69, 9.17) is 0 Å². The van der Waals surface area contributed by atoms with Crippen LogP contribution in [0.5, 0.6) is 0 Å². The molecule has 3 heterocycles. The van der Waals surface area contributed by atoms with Crippen molar-refractivity contribution in [3.8, 4) is 0 Å². The van der Waals surface area contributed by atoms with Gasteiger partial charge in [0.2, 0.25) is 5.91 Å². The van der Waals surface area contributed by atoms with Crippen LogP contribution in [0.3, 0.4) is 0 Å². The molecule has 4 rings (SSSR count). The van der Waals surface area contributed by atoms with Crippen molar-refractivity contribution in [2.75, 3.05) is 5.32 Å². The lowest BCUT2D eigenvalue weighted by atomic mass is 9.97. The average molecular weight is 368 g/mol. The van der Waals surface area contributed by atoms with Crippen LogP contribution in [-0.2, 0) is 24.2 Å². The van der Waals surface area contributed by atoms with E-state index in [1.54, 1.807) is 28.4 Å². The van der Waals surface area contributed by atoms with Gasteiger partial charge in [-0.3, -0.25) is 14.2 Å². The van der Waals surface area contributed by atoms with E-state index in [1.807, 2.05) is 19.1 Å². The molecule has 0 atom stereocenters. The number of aromatic nitrogens is 3. The second-order valence-corrected chi connectivity index (χ2v) is 7.73. The molecule has 134 valence electrons. The van der Waals surface area contributed by atoms with Crippen LogP contribution in [0.4, 0.5) is 5.82 Å². The van der Waals surface area contributed by atoms with Gasteiger partial charge in [-0.1, -0.05) is 0 Å². The Morgan fingerprint density at radius 3 is 3.00 bits per heavy atom. The van der Waals surface area contributed by atoms with Crippen LogP contribution in [0.15, 0.2) is 29.5 Å². The fourth-order valence-corrected chi connectivity index (χ4v) is 4.59. The Morgan fingerprint density at radius 2 is 2.15 bits per heavy atom. The third kappa shape index (κ3) is 3.26. The molecule has 3 aromatic rings. The van der Waals surface area contributed by atoms with Gasteiger partial charge in [0.05, 0.1) is 11.7 Å². The predicted molar refractivity (Wildman–Crippen MR) is 103 cm³/mol. The van der Waals surface area contributed by atoms with Gasteiger partial charge < -0.3 is 5.32 Å². The third-order valence-electron chi connectivity index (χ3n) is 4.70. The second-order valence-electron chi connectivity index (χ2n) is 6.65. The molecule has 0 unspecified atom stereocenters. The molecule has 0 radical (unpaired) electrons. The number of fused-ring (bicyclic) bond motifs is 3. The number of carbonyl (C=O) groups is 1. The molecule has 0 aliphatic heterocycles. The van der Waals surface area contributed by atoms with Gasteiger partial charge in [0.25, 0.3) is 5.56 Å². The fourth-order valence-electron chi connectivity index (χ4n) is 3.37. The second kappa shape index (κ2) is 6.99. The third-order valence-corrected chi connectivity index (χ3v) is 5.90. The first-order valence-corrected chi connectivity index (χ1v) is 9.65. The number of nitrogens with zero attached hydrogens (tertiary/aromatic N) is 3. The Bertz CT molecular complexity index is 1040. The van der Waals surface area contributed by atoms with Gasteiger partial charge in [-0.25, -0.2) is 9.97 Å². The molecule has 0 spiro atoms. The molecule has 0 saturated heterocycles. The van der Waals surface area contributed by atoms with E-state index in [9.17, 15) is 9.59 Å². The van der Waals surface area contributed by atoms with E-state index in [0.29, 0.717) is 12.4 Å². The van der Waals surface area contributed by atoms with Crippen molar-refractivity contribution in [3.63, 3.8) is 0 Å². The van der Waals surface area contributed by atoms with Crippen LogP contribution in [-0.4, -0.2) is 20.4 Å². The molecule has 0 aromatic carbocycles. The number of aryl methyl sites for hydroxylation is 4. The molecule has 26 heavy (non-hydrogen) atoms. The summed E-state index contributed by atoms with van der Waals surface area (Å²) in [7, 11) is 0. The highest BCUT2D eigenvalue weighted by Gasteiger charge is 2.20. The topological polar surface area (TPSA) is 76.9 Å². The monoisotopic (exact) mass is 368 g/mol. The van der Waals surface area contributed by atoms with Gasteiger partial charge in [-0.2, -0.15) is 0 Å². The minimum absolute atomic E-state index is 0.0316. The zero-order valence-electron chi connectivity index (χ0n) is 14.6. The maximum absolute atomic E-state index is 12.9. The van der Waals surface area contributed by atoms with Crippen molar-refractivity contribution in [2.24, 2.45) is 0 Å². The van der Waals surface area contributed by atoms with E-state index in [0.717, 1.165) is 35.0 Å². The lowest BCUT2D eigenvalue weighted by Crippen LogP contribution is -2.24. The maximum Gasteiger partial charge on any atom is 0.262 e. The summed E-state index contributed by atoms with van der Waals surface area (Å²) < 4.78 is 1.55. The minimum Gasteiger partial charge on any atom is -0.311 e. The summed E-state index contributed by atoms with van der Waals surface area (Å²) in [5.74, 6) is 0.366. The summed E-state index contributed by atoms with van der Waals surface area (Å²) >= 11 is 1.64. The number of pyridine rings is 1. The Morgan fingerprint density at radius 1 is 1.31 bits per heavy atom. The van der Waals surface area contributed by atoms with Gasteiger partial charge in [-0.15, -0.1) is 11.3 Å². The van der Waals surface area contributed by atoms with Gasteiger partial charge in [-0.05, 0) is 55.9 Å². The number of rotatable bonds is 4. The molecule has 1 N–H and O–H groups in total. The lowest BCUT2D eigenvalue weighted by Gasteiger charge is -2.10. The van der Waals surface area contributed by atoms with Crippen LogP contribution < -0.4 is 10.9 Å². The molecule has 6 nitrogen and oxygen atoms in total. The number of hydrogen-bond acceptors (Lipinski definition) is 5. The number of carbonyl (C=O) groups excluding carboxylic acids is 1. The SMILES string of the molecule is Cc1ccnc(NC(=O)CCn2cnc3sc4c(c3c2=O)CCCC4)c1. The quantitative estimate of drug-likeness (QED) is 0.768. The van der Waals surface area contributed by atoms with Gasteiger partial charge in [0.1, 0.15) is 10.6 Å². The van der Waals surface area contributed by atoms with E-state index in [-0.39, 0.29) is 17.9 Å². The first-order valence-electron chi connectivity index (χ1n) is 8.84. The van der Waals surface area contributed by atoms with E-state index in [1.165, 1.54) is 16.9 Å². The van der Waals surface area contributed by atoms with Crippen molar-refractivity contribution in [2.45, 2.75) is 45.6 Å². The molecule has 1 aliphatic rings. The number of nitrogens with one attached hydrogen (secondary N) is 1. The summed E-state index contributed by atoms with van der Waals surface area (Å²) in [6.45, 7) is 2.25. The van der Waals surface area contributed by atoms with Crippen LogP contribution >= 0.6 is 11.3 Å². The fraction of sp³-hybridized carbons (Fsp3) is 0.368. The lowest BCUT2D eigenvalue weighted by molar-refractivity contribution is -0.116. The number of thiophene rings is 1. The average Bonchev–Trinajstić information content (AvgIpc) is 3.00. The minimum atomic E-state index is -0.164. The highest BCUT2D eigenvalue weighted by molar-refractivity contribution is 7.18. The molecule has 7 heteroatoms. The molecule has 0 bridgehead atoms. The number of anilines is 1. The van der Waals surface area contributed by atoms with E-state index >= 15 is 0 Å². The van der Waals surface area contributed by atoms with Crippen LogP contribution in [0.2, 0.25) is 0 Å². The Hall–Kier alpha value is -2.54. The van der Waals surface area contributed by atoms with Crippen LogP contribution in [0.1, 0.15) is 35.3 Å². The summed E-state index contributed by atoms with van der Waals surface area (Å²) in [5.41, 5.74) is 2.18. The van der Waals surface area contributed by atoms with Gasteiger partial charge >= 0.3 is 0 Å². The van der Waals surface area contributed by atoms with Crippen molar-refractivity contribution in [1.29, 1.82) is 0 Å². The highest BCUT2D eigenvalue weighted by Crippen LogP contribution is 2.33. The first-order chi connectivity index (χ1) is 12.6. The molecular formula is C19H20N4O2S. The van der Waals surface area contributed by atoms with E-state index < -0.39 is 0 Å². The largest absolute Gasteiger partial charge is 0.311 e. The van der Waals surface area contributed by atoms with Crippen LogP contribution in [0.25, 0.3) is 10.2 Å². The maximum atomic E-state index is 12.9. The predicted octanol–water partition coefficient (Wildman–Crippen LogP) is 3.07. The summed E-state index contributed by atoms with van der Waals surface area (Å²) in [6.07, 6.45) is 7.73. The summed E-state index contributed by atoms with van der Waals surface area (Å²) in [5, 5.41) is 3.53. The van der Waals surface area contributed by atoms with Gasteiger partial charge in [0, 0.05) is 24.0 Å². The van der Waals surface area contributed by atoms with Crippen LogP contribution in [0, 0.1) is 6.92 Å². The Kier molecular flexibility index (Phi) is 4.55. The zero-order valence-corrected chi connectivity index (χ0v) is 15.4. The van der Waals surface area contributed by atoms with E-state index in [2.05, 4.69) is 15.3 Å². The molecule has 0 fully saturated rings. The smallest absolute Gasteiger partial charge is 0.262 e.